The summed E-state index contributed by atoms with van der Waals surface area (Å²) in [6.07, 6.45) is 6.45. The van der Waals surface area contributed by atoms with E-state index in [4.69, 9.17) is 10.5 Å². The third kappa shape index (κ3) is 3.54. The van der Waals surface area contributed by atoms with Crippen molar-refractivity contribution >= 4 is 5.82 Å². The number of nitrogens with two attached hydrogens (primary N) is 1. The average molecular weight is 252 g/mol. The minimum absolute atomic E-state index is 0.0251. The second kappa shape index (κ2) is 6.51. The first-order valence-corrected chi connectivity index (χ1v) is 6.41. The highest BCUT2D eigenvalue weighted by Crippen LogP contribution is 2.33. The van der Waals surface area contributed by atoms with Crippen molar-refractivity contribution in [1.82, 2.24) is 9.55 Å². The van der Waals surface area contributed by atoms with Crippen molar-refractivity contribution in [2.45, 2.75) is 25.3 Å². The molecular weight excluding hydrogens is 232 g/mol. The molecular formula is C12H20N4O2. The van der Waals surface area contributed by atoms with Crippen LogP contribution < -0.4 is 16.6 Å². The summed E-state index contributed by atoms with van der Waals surface area (Å²) < 4.78 is 7.02. The summed E-state index contributed by atoms with van der Waals surface area (Å²) in [6, 6.07) is 0.383. The van der Waals surface area contributed by atoms with Gasteiger partial charge in [-0.1, -0.05) is 0 Å². The van der Waals surface area contributed by atoms with Crippen LogP contribution in [0, 0.1) is 0 Å². The van der Waals surface area contributed by atoms with E-state index in [0.29, 0.717) is 38.2 Å². The fourth-order valence-electron chi connectivity index (χ4n) is 1.75. The van der Waals surface area contributed by atoms with Crippen molar-refractivity contribution in [1.29, 1.82) is 0 Å². The van der Waals surface area contributed by atoms with Gasteiger partial charge in [-0.3, -0.25) is 4.79 Å². The maximum absolute atomic E-state index is 12.0. The topological polar surface area (TPSA) is 82.2 Å². The lowest BCUT2D eigenvalue weighted by atomic mass is 10.4. The Morgan fingerprint density at radius 3 is 3.06 bits per heavy atom. The van der Waals surface area contributed by atoms with Crippen molar-refractivity contribution in [3.05, 3.63) is 22.7 Å². The molecule has 1 aromatic rings. The maximum atomic E-state index is 12.0. The normalized spacial score (nSPS) is 14.7. The van der Waals surface area contributed by atoms with Crippen LogP contribution in [0.1, 0.15) is 25.3 Å². The van der Waals surface area contributed by atoms with Gasteiger partial charge in [0.25, 0.3) is 5.56 Å². The number of aromatic nitrogens is 2. The summed E-state index contributed by atoms with van der Waals surface area (Å²) in [5.41, 5.74) is 5.29. The molecule has 0 aliphatic heterocycles. The molecule has 1 aliphatic carbocycles. The Morgan fingerprint density at radius 2 is 2.33 bits per heavy atom. The lowest BCUT2D eigenvalue weighted by molar-refractivity contribution is 0.141. The molecule has 2 rings (SSSR count). The van der Waals surface area contributed by atoms with Gasteiger partial charge in [-0.2, -0.15) is 0 Å². The predicted molar refractivity (Wildman–Crippen MR) is 69.7 cm³/mol. The number of hydrogen-bond acceptors (Lipinski definition) is 5. The molecule has 1 saturated carbocycles. The molecule has 0 saturated heterocycles. The Kier molecular flexibility index (Phi) is 4.72. The minimum Gasteiger partial charge on any atom is -0.380 e. The van der Waals surface area contributed by atoms with E-state index in [2.05, 4.69) is 10.3 Å². The zero-order chi connectivity index (χ0) is 12.8. The maximum Gasteiger partial charge on any atom is 0.293 e. The number of nitrogens with zero attached hydrogens (tertiary/aromatic N) is 2. The summed E-state index contributed by atoms with van der Waals surface area (Å²) in [4.78, 5) is 16.1. The summed E-state index contributed by atoms with van der Waals surface area (Å²) >= 11 is 0. The first kappa shape index (κ1) is 13.0. The van der Waals surface area contributed by atoms with Gasteiger partial charge in [-0.25, -0.2) is 4.98 Å². The Hall–Kier alpha value is -1.40. The zero-order valence-corrected chi connectivity index (χ0v) is 10.5. The highest BCUT2D eigenvalue weighted by atomic mass is 16.5. The molecule has 6 heteroatoms. The molecule has 0 spiro atoms. The van der Waals surface area contributed by atoms with Crippen molar-refractivity contribution in [2.24, 2.45) is 5.73 Å². The van der Waals surface area contributed by atoms with E-state index in [1.54, 1.807) is 17.0 Å². The Morgan fingerprint density at radius 1 is 1.50 bits per heavy atom. The molecule has 0 amide bonds. The van der Waals surface area contributed by atoms with Crippen LogP contribution in [0.25, 0.3) is 0 Å². The number of rotatable bonds is 8. The molecule has 6 nitrogen and oxygen atoms in total. The van der Waals surface area contributed by atoms with E-state index in [1.165, 1.54) is 0 Å². The van der Waals surface area contributed by atoms with E-state index in [0.717, 1.165) is 19.3 Å². The Balaban J connectivity index is 1.79. The third-order valence-electron chi connectivity index (χ3n) is 2.83. The van der Waals surface area contributed by atoms with Crippen LogP contribution in [0.5, 0.6) is 0 Å². The molecule has 3 N–H and O–H groups in total. The minimum atomic E-state index is -0.0251. The lowest BCUT2D eigenvalue weighted by Crippen LogP contribution is -2.24. The zero-order valence-electron chi connectivity index (χ0n) is 10.5. The molecule has 100 valence electrons. The van der Waals surface area contributed by atoms with Crippen LogP contribution in [0.4, 0.5) is 5.82 Å². The molecule has 0 radical (unpaired) electrons. The second-order valence-electron chi connectivity index (χ2n) is 4.40. The van der Waals surface area contributed by atoms with E-state index in [-0.39, 0.29) is 5.56 Å². The van der Waals surface area contributed by atoms with Gasteiger partial charge in [-0.15, -0.1) is 0 Å². The molecule has 1 heterocycles. The summed E-state index contributed by atoms with van der Waals surface area (Å²) in [5, 5.41) is 3.06. The van der Waals surface area contributed by atoms with Gasteiger partial charge in [-0.05, 0) is 19.3 Å². The molecule has 1 aliphatic rings. The molecule has 0 unspecified atom stereocenters. The van der Waals surface area contributed by atoms with Gasteiger partial charge in [0.05, 0.1) is 6.61 Å². The number of ether oxygens (including phenoxy) is 1. The summed E-state index contributed by atoms with van der Waals surface area (Å²) in [5.74, 6) is 0.434. The second-order valence-corrected chi connectivity index (χ2v) is 4.40. The smallest absolute Gasteiger partial charge is 0.293 e. The van der Waals surface area contributed by atoms with E-state index >= 15 is 0 Å². The largest absolute Gasteiger partial charge is 0.380 e. The molecule has 0 atom stereocenters. The van der Waals surface area contributed by atoms with Gasteiger partial charge in [0.15, 0.2) is 5.82 Å². The average Bonchev–Trinajstić information content (AvgIpc) is 3.20. The van der Waals surface area contributed by atoms with Gasteiger partial charge in [0.2, 0.25) is 0 Å². The number of nitrogens with one attached hydrogen (secondary N) is 1. The van der Waals surface area contributed by atoms with E-state index < -0.39 is 0 Å². The van der Waals surface area contributed by atoms with Crippen LogP contribution >= 0.6 is 0 Å². The van der Waals surface area contributed by atoms with Crippen LogP contribution in [0.15, 0.2) is 17.2 Å². The van der Waals surface area contributed by atoms with Crippen LogP contribution in [0.2, 0.25) is 0 Å². The quantitative estimate of drug-likeness (QED) is 0.653. The monoisotopic (exact) mass is 252 g/mol. The van der Waals surface area contributed by atoms with E-state index in [1.807, 2.05) is 0 Å². The van der Waals surface area contributed by atoms with Crippen molar-refractivity contribution < 1.29 is 4.74 Å². The van der Waals surface area contributed by atoms with Gasteiger partial charge in [0, 0.05) is 38.1 Å². The van der Waals surface area contributed by atoms with Crippen LogP contribution in [0.3, 0.4) is 0 Å². The molecule has 0 bridgehead atoms. The highest BCUT2D eigenvalue weighted by molar-refractivity contribution is 5.30. The SMILES string of the molecule is NCCOCCCNc1nccn(C2CC2)c1=O. The predicted octanol–water partition coefficient (Wildman–Crippen LogP) is 0.355. The molecule has 1 fully saturated rings. The van der Waals surface area contributed by atoms with Crippen molar-refractivity contribution in [3.63, 3.8) is 0 Å². The van der Waals surface area contributed by atoms with E-state index in [9.17, 15) is 4.79 Å². The van der Waals surface area contributed by atoms with Crippen molar-refractivity contribution in [2.75, 3.05) is 31.6 Å². The third-order valence-corrected chi connectivity index (χ3v) is 2.83. The Bertz CT molecular complexity index is 428. The summed E-state index contributed by atoms with van der Waals surface area (Å²) in [6.45, 7) is 2.45. The molecule has 0 aromatic carbocycles. The summed E-state index contributed by atoms with van der Waals surface area (Å²) in [7, 11) is 0. The van der Waals surface area contributed by atoms with Crippen LogP contribution in [-0.4, -0.2) is 35.9 Å². The Labute approximate surface area is 106 Å². The fourth-order valence-corrected chi connectivity index (χ4v) is 1.75. The van der Waals surface area contributed by atoms with Gasteiger partial charge >= 0.3 is 0 Å². The molecule has 18 heavy (non-hydrogen) atoms. The first-order chi connectivity index (χ1) is 8.83. The van der Waals surface area contributed by atoms with Crippen LogP contribution in [-0.2, 0) is 4.74 Å². The first-order valence-electron chi connectivity index (χ1n) is 6.41. The number of hydrogen-bond donors (Lipinski definition) is 2. The molecule has 1 aromatic heterocycles. The highest BCUT2D eigenvalue weighted by Gasteiger charge is 2.25. The number of anilines is 1. The van der Waals surface area contributed by atoms with Crippen molar-refractivity contribution in [3.8, 4) is 0 Å². The lowest BCUT2D eigenvalue weighted by Gasteiger charge is -2.08. The standard InChI is InChI=1S/C12H20N4O2/c13-4-9-18-8-1-5-14-11-12(17)16(7-6-15-11)10-2-3-10/h6-7,10H,1-5,8-9,13H2,(H,14,15). The van der Waals surface area contributed by atoms with Gasteiger partial charge < -0.3 is 20.4 Å². The van der Waals surface area contributed by atoms with Gasteiger partial charge in [0.1, 0.15) is 0 Å². The fraction of sp³-hybridized carbons (Fsp3) is 0.667.